The maximum absolute atomic E-state index is 5.92. The molecule has 0 fully saturated rings. The third-order valence-corrected chi connectivity index (χ3v) is 3.30. The molecule has 2 rings (SSSR count). The first-order chi connectivity index (χ1) is 9.60. The normalized spacial score (nSPS) is 11.1. The van der Waals surface area contributed by atoms with Crippen LogP contribution in [-0.4, -0.2) is 16.2 Å². The zero-order chi connectivity index (χ0) is 14.5. The summed E-state index contributed by atoms with van der Waals surface area (Å²) in [7, 11) is 0. The Morgan fingerprint density at radius 1 is 1.38 bits per heavy atom. The summed E-state index contributed by atoms with van der Waals surface area (Å²) < 4.78 is 0. The van der Waals surface area contributed by atoms with Gasteiger partial charge in [-0.2, -0.15) is 5.10 Å². The van der Waals surface area contributed by atoms with E-state index in [0.717, 1.165) is 29.1 Å². The average molecular weight is 399 g/mol. The number of anilines is 1. The molecule has 2 aromatic rings. The molecule has 4 N–H and O–H groups in total. The highest BCUT2D eigenvalue weighted by Gasteiger charge is 2.05. The molecule has 0 radical (unpaired) electrons. The van der Waals surface area contributed by atoms with Crippen LogP contribution in [0.15, 0.2) is 29.3 Å². The van der Waals surface area contributed by atoms with Gasteiger partial charge in [0, 0.05) is 16.9 Å². The molecule has 0 aliphatic rings. The average Bonchev–Trinajstić information content (AvgIpc) is 2.76. The number of aliphatic imine (C=N–C) groups is 1. The number of H-pyrrole nitrogens is 1. The van der Waals surface area contributed by atoms with Crippen LogP contribution in [0.1, 0.15) is 29.4 Å². The van der Waals surface area contributed by atoms with Crippen molar-refractivity contribution >= 4 is 35.6 Å². The van der Waals surface area contributed by atoms with Crippen LogP contribution in [0.25, 0.3) is 0 Å². The van der Waals surface area contributed by atoms with Gasteiger partial charge in [0.05, 0.1) is 12.2 Å². The lowest BCUT2D eigenvalue weighted by atomic mass is 10.1. The van der Waals surface area contributed by atoms with Gasteiger partial charge in [-0.25, -0.2) is 4.99 Å². The van der Waals surface area contributed by atoms with Crippen molar-refractivity contribution in [2.75, 3.05) is 5.32 Å². The number of aromatic nitrogens is 2. The standard InChI is InChI=1S/C15H21N5.HI/c1-4-12-6-5-7-13(8-12)18-15(16)17-9-14-10(2)19-20-11(14)3;/h5-8H,4,9H2,1-3H3,(H,19,20)(H3,16,17,18);1H. The summed E-state index contributed by atoms with van der Waals surface area (Å²) in [5.41, 5.74) is 11.2. The van der Waals surface area contributed by atoms with E-state index in [-0.39, 0.29) is 24.0 Å². The summed E-state index contributed by atoms with van der Waals surface area (Å²) in [5, 5.41) is 10.2. The minimum atomic E-state index is 0. The molecule has 0 saturated heterocycles. The number of hydrogen-bond donors (Lipinski definition) is 3. The minimum absolute atomic E-state index is 0. The molecule has 0 aliphatic heterocycles. The number of aryl methyl sites for hydroxylation is 3. The Morgan fingerprint density at radius 2 is 2.14 bits per heavy atom. The van der Waals surface area contributed by atoms with Gasteiger partial charge in [-0.3, -0.25) is 5.10 Å². The topological polar surface area (TPSA) is 79.1 Å². The van der Waals surface area contributed by atoms with Crippen LogP contribution in [0, 0.1) is 13.8 Å². The molecular weight excluding hydrogens is 377 g/mol. The van der Waals surface area contributed by atoms with Crippen LogP contribution in [-0.2, 0) is 13.0 Å². The number of nitrogens with two attached hydrogens (primary N) is 1. The third kappa shape index (κ3) is 4.73. The zero-order valence-electron chi connectivity index (χ0n) is 12.6. The van der Waals surface area contributed by atoms with Crippen LogP contribution < -0.4 is 11.1 Å². The van der Waals surface area contributed by atoms with Gasteiger partial charge in [0.15, 0.2) is 5.96 Å². The SMILES string of the molecule is CCc1cccc(NC(N)=NCc2c(C)n[nH]c2C)c1.I. The van der Waals surface area contributed by atoms with E-state index in [2.05, 4.69) is 39.6 Å². The van der Waals surface area contributed by atoms with Gasteiger partial charge in [0.25, 0.3) is 0 Å². The highest BCUT2D eigenvalue weighted by Crippen LogP contribution is 2.12. The van der Waals surface area contributed by atoms with Crippen molar-refractivity contribution in [3.8, 4) is 0 Å². The number of halogens is 1. The van der Waals surface area contributed by atoms with E-state index in [1.54, 1.807) is 0 Å². The summed E-state index contributed by atoms with van der Waals surface area (Å²) in [5.74, 6) is 0.415. The predicted octanol–water partition coefficient (Wildman–Crippen LogP) is 3.13. The smallest absolute Gasteiger partial charge is 0.193 e. The second kappa shape index (κ2) is 8.02. The van der Waals surface area contributed by atoms with Gasteiger partial charge in [-0.05, 0) is 38.0 Å². The molecule has 0 unspecified atom stereocenters. The summed E-state index contributed by atoms with van der Waals surface area (Å²) in [4.78, 5) is 4.36. The monoisotopic (exact) mass is 399 g/mol. The largest absolute Gasteiger partial charge is 0.370 e. The van der Waals surface area contributed by atoms with Crippen molar-refractivity contribution in [3.63, 3.8) is 0 Å². The number of rotatable bonds is 4. The maximum atomic E-state index is 5.92. The van der Waals surface area contributed by atoms with Gasteiger partial charge < -0.3 is 11.1 Å². The number of aromatic amines is 1. The molecule has 0 saturated carbocycles. The summed E-state index contributed by atoms with van der Waals surface area (Å²) in [6, 6.07) is 8.17. The van der Waals surface area contributed by atoms with E-state index in [1.165, 1.54) is 5.56 Å². The summed E-state index contributed by atoms with van der Waals surface area (Å²) in [6.07, 6.45) is 1.000. The van der Waals surface area contributed by atoms with Crippen molar-refractivity contribution in [1.82, 2.24) is 10.2 Å². The van der Waals surface area contributed by atoms with Crippen molar-refractivity contribution in [2.45, 2.75) is 33.7 Å². The maximum Gasteiger partial charge on any atom is 0.193 e. The molecule has 6 heteroatoms. The van der Waals surface area contributed by atoms with E-state index >= 15 is 0 Å². The number of nitrogens with zero attached hydrogens (tertiary/aromatic N) is 2. The first-order valence-electron chi connectivity index (χ1n) is 6.76. The van der Waals surface area contributed by atoms with Crippen LogP contribution in [0.5, 0.6) is 0 Å². The van der Waals surface area contributed by atoms with Crippen molar-refractivity contribution in [2.24, 2.45) is 10.7 Å². The van der Waals surface area contributed by atoms with E-state index in [1.807, 2.05) is 26.0 Å². The Kier molecular flexibility index (Phi) is 6.67. The van der Waals surface area contributed by atoms with Gasteiger partial charge in [0.1, 0.15) is 0 Å². The molecule has 0 aliphatic carbocycles. The molecule has 5 nitrogen and oxygen atoms in total. The van der Waals surface area contributed by atoms with Crippen molar-refractivity contribution in [1.29, 1.82) is 0 Å². The predicted molar refractivity (Wildman–Crippen MR) is 98.2 cm³/mol. The highest BCUT2D eigenvalue weighted by atomic mass is 127. The Balaban J connectivity index is 0.00000220. The molecule has 0 bridgehead atoms. The summed E-state index contributed by atoms with van der Waals surface area (Å²) >= 11 is 0. The number of guanidine groups is 1. The molecular formula is C15H22IN5. The molecule has 21 heavy (non-hydrogen) atoms. The van der Waals surface area contributed by atoms with Crippen LogP contribution in [0.2, 0.25) is 0 Å². The first-order valence-corrected chi connectivity index (χ1v) is 6.76. The molecule has 114 valence electrons. The highest BCUT2D eigenvalue weighted by molar-refractivity contribution is 14.0. The number of hydrogen-bond acceptors (Lipinski definition) is 2. The lowest BCUT2D eigenvalue weighted by Crippen LogP contribution is -2.22. The lowest BCUT2D eigenvalue weighted by Gasteiger charge is -2.07. The Labute approximate surface area is 142 Å². The Morgan fingerprint density at radius 3 is 2.76 bits per heavy atom. The fourth-order valence-electron chi connectivity index (χ4n) is 2.03. The second-order valence-corrected chi connectivity index (χ2v) is 4.79. The molecule has 0 amide bonds. The summed E-state index contributed by atoms with van der Waals surface area (Å²) in [6.45, 7) is 6.60. The van der Waals surface area contributed by atoms with Gasteiger partial charge in [-0.15, -0.1) is 24.0 Å². The van der Waals surface area contributed by atoms with Crippen molar-refractivity contribution in [3.05, 3.63) is 46.8 Å². The molecule has 1 aromatic carbocycles. The third-order valence-electron chi connectivity index (χ3n) is 3.30. The molecule has 0 atom stereocenters. The molecule has 0 spiro atoms. The van der Waals surface area contributed by atoms with E-state index in [0.29, 0.717) is 12.5 Å². The lowest BCUT2D eigenvalue weighted by molar-refractivity contribution is 1.02. The Hall–Kier alpha value is -1.57. The molecule has 1 aromatic heterocycles. The number of benzene rings is 1. The fraction of sp³-hybridized carbons (Fsp3) is 0.333. The minimum Gasteiger partial charge on any atom is -0.370 e. The van der Waals surface area contributed by atoms with Gasteiger partial charge in [-0.1, -0.05) is 19.1 Å². The first kappa shape index (κ1) is 17.5. The number of nitrogens with one attached hydrogen (secondary N) is 2. The second-order valence-electron chi connectivity index (χ2n) is 4.79. The van der Waals surface area contributed by atoms with Crippen LogP contribution >= 0.6 is 24.0 Å². The zero-order valence-corrected chi connectivity index (χ0v) is 14.9. The van der Waals surface area contributed by atoms with Crippen molar-refractivity contribution < 1.29 is 0 Å². The Bertz CT molecular complexity index is 599. The van der Waals surface area contributed by atoms with E-state index < -0.39 is 0 Å². The van der Waals surface area contributed by atoms with E-state index in [4.69, 9.17) is 5.73 Å². The molecule has 1 heterocycles. The van der Waals surface area contributed by atoms with Crippen LogP contribution in [0.4, 0.5) is 5.69 Å². The van der Waals surface area contributed by atoms with E-state index in [9.17, 15) is 0 Å². The van der Waals surface area contributed by atoms with Gasteiger partial charge >= 0.3 is 0 Å². The van der Waals surface area contributed by atoms with Crippen LogP contribution in [0.3, 0.4) is 0 Å². The fourth-order valence-corrected chi connectivity index (χ4v) is 2.03. The quantitative estimate of drug-likeness (QED) is 0.420. The van der Waals surface area contributed by atoms with Gasteiger partial charge in [0.2, 0.25) is 0 Å².